The Bertz CT molecular complexity index is 3170. The largest absolute Gasteiger partial charge is 0.310 e. The molecule has 2 heteroatoms. The molecule has 9 aromatic carbocycles. The van der Waals surface area contributed by atoms with Crippen LogP contribution in [0.5, 0.6) is 0 Å². The molecule has 11 rings (SSSR count). The van der Waals surface area contributed by atoms with Crippen molar-refractivity contribution in [1.29, 1.82) is 0 Å². The summed E-state index contributed by atoms with van der Waals surface area (Å²) in [5.41, 5.74) is 24.5. The van der Waals surface area contributed by atoms with Crippen molar-refractivity contribution < 1.29 is 0 Å². The van der Waals surface area contributed by atoms with Crippen LogP contribution in [0.1, 0.15) is 132 Å². The third-order valence-electron chi connectivity index (χ3n) is 16.3. The summed E-state index contributed by atoms with van der Waals surface area (Å²) in [5, 5.41) is 0. The first-order valence-electron chi connectivity index (χ1n) is 28.1. The minimum atomic E-state index is 0.732. The second-order valence-electron chi connectivity index (χ2n) is 21.8. The lowest BCUT2D eigenvalue weighted by molar-refractivity contribution is 0.443. The molecule has 0 unspecified atom stereocenters. The third-order valence-corrected chi connectivity index (χ3v) is 16.3. The molecule has 0 aromatic heterocycles. The minimum absolute atomic E-state index is 0.732. The minimum Gasteiger partial charge on any atom is -0.310 e. The normalized spacial score (nSPS) is 14.4. The highest BCUT2D eigenvalue weighted by Gasteiger charge is 2.19. The van der Waals surface area contributed by atoms with Gasteiger partial charge in [0.25, 0.3) is 0 Å². The number of aryl methyl sites for hydroxylation is 4. The van der Waals surface area contributed by atoms with Gasteiger partial charge in [0.1, 0.15) is 0 Å². The number of benzene rings is 9. The zero-order valence-corrected chi connectivity index (χ0v) is 45.1. The average molecular weight is 989 g/mol. The first-order valence-corrected chi connectivity index (χ1v) is 28.1. The summed E-state index contributed by atoms with van der Waals surface area (Å²) in [5.74, 6) is 1.46. The Balaban J connectivity index is 0.785. The van der Waals surface area contributed by atoms with Gasteiger partial charge in [0, 0.05) is 34.1 Å². The summed E-state index contributed by atoms with van der Waals surface area (Å²) in [6.07, 6.45) is 22.5. The molecule has 76 heavy (non-hydrogen) atoms. The van der Waals surface area contributed by atoms with E-state index in [4.69, 9.17) is 0 Å². The highest BCUT2D eigenvalue weighted by molar-refractivity contribution is 5.83. The van der Waals surface area contributed by atoms with Crippen LogP contribution in [-0.4, -0.2) is 0 Å². The number of hydrogen-bond donors (Lipinski definition) is 0. The Morgan fingerprint density at radius 3 is 0.842 bits per heavy atom. The highest BCUT2D eigenvalue weighted by atomic mass is 15.1. The summed E-state index contributed by atoms with van der Waals surface area (Å²) >= 11 is 0. The number of nitrogens with zero attached hydrogens (tertiary/aromatic N) is 2. The maximum absolute atomic E-state index is 2.38. The first-order chi connectivity index (χ1) is 37.3. The van der Waals surface area contributed by atoms with E-state index in [-0.39, 0.29) is 0 Å². The monoisotopic (exact) mass is 989 g/mol. The van der Waals surface area contributed by atoms with E-state index in [1.807, 2.05) is 0 Å². The molecule has 0 heterocycles. The number of rotatable bonds is 14. The van der Waals surface area contributed by atoms with Gasteiger partial charge in [-0.2, -0.15) is 0 Å². The van der Waals surface area contributed by atoms with Gasteiger partial charge in [-0.05, 0) is 193 Å². The van der Waals surface area contributed by atoms with Gasteiger partial charge in [-0.1, -0.05) is 220 Å². The van der Waals surface area contributed by atoms with E-state index in [2.05, 4.69) is 268 Å². The van der Waals surface area contributed by atoms with E-state index in [1.165, 1.54) is 153 Å². The maximum atomic E-state index is 2.38. The lowest BCUT2D eigenvalue weighted by atomic mass is 9.84. The smallest absolute Gasteiger partial charge is 0.0490 e. The van der Waals surface area contributed by atoms with Gasteiger partial charge < -0.3 is 9.80 Å². The topological polar surface area (TPSA) is 6.48 Å². The Labute approximate surface area is 453 Å². The van der Waals surface area contributed by atoms with Crippen molar-refractivity contribution in [2.45, 2.75) is 104 Å². The molecule has 0 aliphatic heterocycles. The maximum Gasteiger partial charge on any atom is 0.0490 e. The molecule has 2 saturated carbocycles. The summed E-state index contributed by atoms with van der Waals surface area (Å²) < 4.78 is 0. The summed E-state index contributed by atoms with van der Waals surface area (Å²) in [6.45, 7) is 8.76. The van der Waals surface area contributed by atoms with E-state index >= 15 is 0 Å². The molecule has 2 aliphatic carbocycles. The molecule has 0 radical (unpaired) electrons. The van der Waals surface area contributed by atoms with Gasteiger partial charge in [-0.15, -0.1) is 0 Å². The van der Waals surface area contributed by atoms with Crippen molar-refractivity contribution in [2.24, 2.45) is 0 Å². The van der Waals surface area contributed by atoms with Crippen LogP contribution in [0.15, 0.2) is 206 Å². The number of hydrogen-bond acceptors (Lipinski definition) is 2. The second-order valence-corrected chi connectivity index (χ2v) is 21.8. The highest BCUT2D eigenvalue weighted by Crippen LogP contribution is 2.41. The van der Waals surface area contributed by atoms with Crippen LogP contribution in [-0.2, 0) is 0 Å². The van der Waals surface area contributed by atoms with Crippen LogP contribution < -0.4 is 9.80 Å². The third kappa shape index (κ3) is 11.8. The summed E-state index contributed by atoms with van der Waals surface area (Å²) in [4.78, 5) is 4.77. The molecule has 378 valence electrons. The molecule has 0 atom stereocenters. The lowest BCUT2D eigenvalue weighted by Gasteiger charge is -2.27. The molecule has 0 amide bonds. The van der Waals surface area contributed by atoms with E-state index < -0.39 is 0 Å². The van der Waals surface area contributed by atoms with Crippen LogP contribution in [0.3, 0.4) is 0 Å². The van der Waals surface area contributed by atoms with E-state index in [0.717, 1.165) is 34.6 Å². The SMILES string of the molecule is Cc1ccc(N(c2ccc(/C=C/c3ccc(C4CCCCC4)cc3)cc2)c2ccc(-c3ccc(-c4ccc(N(c5ccc(/C=C/c6ccc(C7CCCCC7)cc6)cc5)c5ccc(C)cc5C)cc4)cc3)cc2)c(C)c1. The Morgan fingerprint density at radius 2 is 0.553 bits per heavy atom. The van der Waals surface area contributed by atoms with Gasteiger partial charge in [0.15, 0.2) is 0 Å². The summed E-state index contributed by atoms with van der Waals surface area (Å²) in [6, 6.07) is 77.0. The van der Waals surface area contributed by atoms with E-state index in [9.17, 15) is 0 Å². The first kappa shape index (κ1) is 50.2. The van der Waals surface area contributed by atoms with Crippen LogP contribution >= 0.6 is 0 Å². The van der Waals surface area contributed by atoms with Gasteiger partial charge in [-0.25, -0.2) is 0 Å². The molecule has 2 fully saturated rings. The van der Waals surface area contributed by atoms with Crippen molar-refractivity contribution in [2.75, 3.05) is 9.80 Å². The van der Waals surface area contributed by atoms with Crippen molar-refractivity contribution in [3.63, 3.8) is 0 Å². The predicted molar refractivity (Wildman–Crippen MR) is 328 cm³/mol. The van der Waals surface area contributed by atoms with Gasteiger partial charge >= 0.3 is 0 Å². The van der Waals surface area contributed by atoms with Crippen LogP contribution in [0.25, 0.3) is 46.6 Å². The van der Waals surface area contributed by atoms with E-state index in [0.29, 0.717) is 0 Å². The van der Waals surface area contributed by atoms with Gasteiger partial charge in [-0.3, -0.25) is 0 Å². The average Bonchev–Trinajstić information content (AvgIpc) is 3.47. The zero-order chi connectivity index (χ0) is 51.8. The molecule has 2 nitrogen and oxygen atoms in total. The molecule has 0 bridgehead atoms. The van der Waals surface area contributed by atoms with Crippen LogP contribution in [0, 0.1) is 27.7 Å². The van der Waals surface area contributed by atoms with Crippen LogP contribution in [0.2, 0.25) is 0 Å². The van der Waals surface area contributed by atoms with Gasteiger partial charge in [0.2, 0.25) is 0 Å². The molecular weight excluding hydrogens is 917 g/mol. The molecular formula is C74H72N2. The summed E-state index contributed by atoms with van der Waals surface area (Å²) in [7, 11) is 0. The molecule has 9 aromatic rings. The second kappa shape index (κ2) is 23.3. The quantitative estimate of drug-likeness (QED) is 0.100. The van der Waals surface area contributed by atoms with Crippen molar-refractivity contribution >= 4 is 58.4 Å². The lowest BCUT2D eigenvalue weighted by Crippen LogP contribution is -2.11. The Morgan fingerprint density at radius 1 is 0.289 bits per heavy atom. The fourth-order valence-electron chi connectivity index (χ4n) is 11.9. The van der Waals surface area contributed by atoms with E-state index in [1.54, 1.807) is 0 Å². The van der Waals surface area contributed by atoms with Crippen molar-refractivity contribution in [3.8, 4) is 22.3 Å². The Kier molecular flexibility index (Phi) is 15.4. The molecule has 0 saturated heterocycles. The fraction of sp³-hybridized carbons (Fsp3) is 0.216. The fourth-order valence-corrected chi connectivity index (χ4v) is 11.9. The molecule has 0 N–H and O–H groups in total. The van der Waals surface area contributed by atoms with Crippen LogP contribution in [0.4, 0.5) is 34.1 Å². The number of anilines is 6. The standard InChI is InChI=1S/C74H72N2/c1-53-15-49-73(55(3)51-53)75(69-41-25-59(26-42-69)19-17-57-21-29-63(30-22-57)61-11-7-5-8-12-61)71-45-37-67(38-46-71)65-33-35-66(36-34-65)68-39-47-72(48-40-68)76(74-50-16-54(2)52-56(74)4)70-43-27-60(28-44-70)20-18-58-23-31-64(32-24-58)62-13-9-6-10-14-62/h15-52,61-62H,5-14H2,1-4H3/b19-17+,20-18+. The Hall–Kier alpha value is -7.94. The van der Waals surface area contributed by atoms with Crippen molar-refractivity contribution in [1.82, 2.24) is 0 Å². The molecule has 2 aliphatic rings. The zero-order valence-electron chi connectivity index (χ0n) is 45.1. The molecule has 0 spiro atoms. The predicted octanol–water partition coefficient (Wildman–Crippen LogP) is 21.6. The van der Waals surface area contributed by atoms with Crippen molar-refractivity contribution in [3.05, 3.63) is 262 Å². The van der Waals surface area contributed by atoms with Gasteiger partial charge in [0.05, 0.1) is 0 Å².